The van der Waals surface area contributed by atoms with Crippen LogP contribution in [-0.2, 0) is 20.7 Å². The maximum Gasteiger partial charge on any atom is 0.311 e. The molecule has 0 spiro atoms. The van der Waals surface area contributed by atoms with E-state index >= 15 is 0 Å². The number of esters is 1. The lowest BCUT2D eigenvalue weighted by molar-refractivity contribution is -0.139. The Balaban J connectivity index is 1.51. The van der Waals surface area contributed by atoms with Crippen molar-refractivity contribution in [2.75, 3.05) is 25.3 Å². The lowest BCUT2D eigenvalue weighted by Gasteiger charge is -2.00. The van der Waals surface area contributed by atoms with Gasteiger partial charge in [0.05, 0.1) is 32.1 Å². The molecular weight excluding hydrogens is 402 g/mol. The Morgan fingerprint density at radius 3 is 2.71 bits per heavy atom. The highest BCUT2D eigenvalue weighted by atomic mass is 32.2. The molecule has 0 saturated heterocycles. The van der Waals surface area contributed by atoms with Gasteiger partial charge in [0, 0.05) is 10.9 Å². The summed E-state index contributed by atoms with van der Waals surface area (Å²) in [5.41, 5.74) is 1.42. The third kappa shape index (κ3) is 5.30. The van der Waals surface area contributed by atoms with Gasteiger partial charge in [0.15, 0.2) is 11.0 Å². The Bertz CT molecular complexity index is 955. The van der Waals surface area contributed by atoms with Gasteiger partial charge in [-0.15, -0.1) is 16.4 Å². The fourth-order valence-corrected chi connectivity index (χ4v) is 3.46. The first-order valence-corrected chi connectivity index (χ1v) is 9.94. The summed E-state index contributed by atoms with van der Waals surface area (Å²) in [6.07, 6.45) is 0.0724. The van der Waals surface area contributed by atoms with Crippen LogP contribution in [0.15, 0.2) is 34.8 Å². The first-order valence-electron chi connectivity index (χ1n) is 8.08. The second-order valence-electron chi connectivity index (χ2n) is 5.43. The molecule has 0 fully saturated rings. The summed E-state index contributed by atoms with van der Waals surface area (Å²) in [7, 11) is 2.92. The Labute approximate surface area is 168 Å². The van der Waals surface area contributed by atoms with Gasteiger partial charge in [-0.2, -0.15) is 0 Å². The van der Waals surface area contributed by atoms with Crippen molar-refractivity contribution in [3.8, 4) is 17.1 Å². The number of anilines is 1. The van der Waals surface area contributed by atoms with Crippen LogP contribution in [0, 0.1) is 0 Å². The smallest absolute Gasteiger partial charge is 0.311 e. The van der Waals surface area contributed by atoms with Gasteiger partial charge in [0.25, 0.3) is 0 Å². The number of thiazole rings is 1. The summed E-state index contributed by atoms with van der Waals surface area (Å²) < 4.78 is 9.72. The van der Waals surface area contributed by atoms with Gasteiger partial charge in [-0.3, -0.25) is 14.7 Å². The lowest BCUT2D eigenvalue weighted by atomic mass is 10.2. The molecule has 2 heterocycles. The molecule has 146 valence electrons. The molecule has 11 heteroatoms. The predicted molar refractivity (Wildman–Crippen MR) is 106 cm³/mol. The van der Waals surface area contributed by atoms with Gasteiger partial charge in [-0.1, -0.05) is 11.8 Å². The number of nitrogens with one attached hydrogen (secondary N) is 2. The average molecular weight is 419 g/mol. The number of carbonyl (C=O) groups excluding carboxylic acids is 2. The minimum absolute atomic E-state index is 0.0724. The van der Waals surface area contributed by atoms with E-state index in [0.717, 1.165) is 11.3 Å². The SMILES string of the molecule is COC(=O)Cc1csc(NC(=O)CSc2n[nH]c(-c3ccc(OC)cc3)n2)n1. The van der Waals surface area contributed by atoms with E-state index in [-0.39, 0.29) is 24.1 Å². The van der Waals surface area contributed by atoms with Gasteiger partial charge >= 0.3 is 5.97 Å². The molecule has 3 rings (SSSR count). The van der Waals surface area contributed by atoms with E-state index in [0.29, 0.717) is 21.8 Å². The van der Waals surface area contributed by atoms with Gasteiger partial charge in [0.1, 0.15) is 5.75 Å². The van der Waals surface area contributed by atoms with Crippen LogP contribution in [0.2, 0.25) is 0 Å². The summed E-state index contributed by atoms with van der Waals surface area (Å²) in [6.45, 7) is 0. The van der Waals surface area contributed by atoms with Crippen LogP contribution < -0.4 is 10.1 Å². The standard InChI is InChI=1S/C17H17N5O4S2/c1-25-12-5-3-10(4-6-12)15-20-17(22-21-15)28-9-13(23)19-16-18-11(8-27-16)7-14(24)26-2/h3-6,8H,7,9H2,1-2H3,(H,18,19,23)(H,20,21,22). The first-order chi connectivity index (χ1) is 13.6. The van der Waals surface area contributed by atoms with Gasteiger partial charge in [-0.25, -0.2) is 9.97 Å². The van der Waals surface area contributed by atoms with Crippen LogP contribution in [0.3, 0.4) is 0 Å². The molecule has 0 saturated carbocycles. The number of nitrogens with zero attached hydrogens (tertiary/aromatic N) is 3. The molecule has 1 aromatic carbocycles. The summed E-state index contributed by atoms with van der Waals surface area (Å²) in [5, 5.41) is 12.3. The van der Waals surface area contributed by atoms with Crippen LogP contribution >= 0.6 is 23.1 Å². The third-order valence-corrected chi connectivity index (χ3v) is 5.17. The number of benzene rings is 1. The molecule has 0 aliphatic carbocycles. The molecule has 1 amide bonds. The average Bonchev–Trinajstić information content (AvgIpc) is 3.36. The van der Waals surface area contributed by atoms with Crippen molar-refractivity contribution in [3.05, 3.63) is 35.3 Å². The van der Waals surface area contributed by atoms with E-state index in [2.05, 4.69) is 30.2 Å². The van der Waals surface area contributed by atoms with E-state index in [9.17, 15) is 9.59 Å². The first kappa shape index (κ1) is 19.8. The molecule has 0 bridgehead atoms. The number of carbonyl (C=O) groups is 2. The molecule has 2 N–H and O–H groups in total. The normalized spacial score (nSPS) is 10.5. The van der Waals surface area contributed by atoms with E-state index in [1.807, 2.05) is 24.3 Å². The predicted octanol–water partition coefficient (Wildman–Crippen LogP) is 2.38. The fourth-order valence-electron chi connectivity index (χ4n) is 2.14. The number of amides is 1. The lowest BCUT2D eigenvalue weighted by Crippen LogP contribution is -2.14. The maximum absolute atomic E-state index is 12.1. The maximum atomic E-state index is 12.1. The summed E-state index contributed by atoms with van der Waals surface area (Å²) in [6, 6.07) is 7.41. The number of thioether (sulfide) groups is 1. The molecule has 2 aromatic heterocycles. The van der Waals surface area contributed by atoms with Gasteiger partial charge < -0.3 is 14.8 Å². The van der Waals surface area contributed by atoms with Crippen molar-refractivity contribution in [2.24, 2.45) is 0 Å². The molecular formula is C17H17N5O4S2. The number of ether oxygens (including phenoxy) is 2. The molecule has 0 unspecified atom stereocenters. The fraction of sp³-hybridized carbons (Fsp3) is 0.235. The monoisotopic (exact) mass is 419 g/mol. The van der Waals surface area contributed by atoms with E-state index in [4.69, 9.17) is 4.74 Å². The zero-order valence-electron chi connectivity index (χ0n) is 15.1. The second kappa shape index (κ2) is 9.33. The Morgan fingerprint density at radius 2 is 2.00 bits per heavy atom. The third-order valence-electron chi connectivity index (χ3n) is 3.51. The number of hydrogen-bond acceptors (Lipinski definition) is 9. The zero-order chi connectivity index (χ0) is 19.9. The zero-order valence-corrected chi connectivity index (χ0v) is 16.7. The minimum atomic E-state index is -0.379. The number of aromatic nitrogens is 4. The number of methoxy groups -OCH3 is 2. The quantitative estimate of drug-likeness (QED) is 0.422. The highest BCUT2D eigenvalue weighted by molar-refractivity contribution is 7.99. The van der Waals surface area contributed by atoms with Crippen LogP contribution in [0.25, 0.3) is 11.4 Å². The van der Waals surface area contributed by atoms with E-state index in [1.165, 1.54) is 30.2 Å². The largest absolute Gasteiger partial charge is 0.497 e. The topological polar surface area (TPSA) is 119 Å². The van der Waals surface area contributed by atoms with Crippen LogP contribution in [0.4, 0.5) is 5.13 Å². The van der Waals surface area contributed by atoms with Crippen molar-refractivity contribution in [1.29, 1.82) is 0 Å². The van der Waals surface area contributed by atoms with Crippen molar-refractivity contribution >= 4 is 40.1 Å². The molecule has 0 atom stereocenters. The highest BCUT2D eigenvalue weighted by Gasteiger charge is 2.12. The van der Waals surface area contributed by atoms with E-state index < -0.39 is 0 Å². The molecule has 0 radical (unpaired) electrons. The van der Waals surface area contributed by atoms with Crippen LogP contribution in [0.5, 0.6) is 5.75 Å². The number of rotatable bonds is 8. The highest BCUT2D eigenvalue weighted by Crippen LogP contribution is 2.22. The molecule has 0 aliphatic heterocycles. The number of hydrogen-bond donors (Lipinski definition) is 2. The minimum Gasteiger partial charge on any atom is -0.497 e. The molecule has 9 nitrogen and oxygen atoms in total. The number of aromatic amines is 1. The summed E-state index contributed by atoms with van der Waals surface area (Å²) >= 11 is 2.45. The Hall–Kier alpha value is -2.92. The van der Waals surface area contributed by atoms with E-state index in [1.54, 1.807) is 12.5 Å². The van der Waals surface area contributed by atoms with Crippen molar-refractivity contribution in [2.45, 2.75) is 11.6 Å². The molecule has 0 aliphatic rings. The van der Waals surface area contributed by atoms with Crippen molar-refractivity contribution in [1.82, 2.24) is 20.2 Å². The van der Waals surface area contributed by atoms with Gasteiger partial charge in [-0.05, 0) is 24.3 Å². The number of H-pyrrole nitrogens is 1. The Kier molecular flexibility index (Phi) is 6.61. The summed E-state index contributed by atoms with van der Waals surface area (Å²) in [4.78, 5) is 31.9. The summed E-state index contributed by atoms with van der Waals surface area (Å²) in [5.74, 6) is 0.881. The van der Waals surface area contributed by atoms with Crippen LogP contribution in [0.1, 0.15) is 5.69 Å². The Morgan fingerprint density at radius 1 is 1.21 bits per heavy atom. The van der Waals surface area contributed by atoms with Gasteiger partial charge in [0.2, 0.25) is 11.1 Å². The molecule has 28 heavy (non-hydrogen) atoms. The van der Waals surface area contributed by atoms with Crippen LogP contribution in [-0.4, -0.2) is 52.0 Å². The second-order valence-corrected chi connectivity index (χ2v) is 7.23. The van der Waals surface area contributed by atoms with Crippen molar-refractivity contribution in [3.63, 3.8) is 0 Å². The molecule has 3 aromatic rings. The van der Waals surface area contributed by atoms with Crippen molar-refractivity contribution < 1.29 is 19.1 Å².